The van der Waals surface area contributed by atoms with Crippen molar-refractivity contribution in [1.82, 2.24) is 9.78 Å². The molecule has 0 amide bonds. The Morgan fingerprint density at radius 3 is 2.52 bits per heavy atom. The second-order valence-electron chi connectivity index (χ2n) is 6.65. The molecule has 1 saturated carbocycles. The summed E-state index contributed by atoms with van der Waals surface area (Å²) < 4.78 is 7.31. The molecule has 4 nitrogen and oxygen atoms in total. The highest BCUT2D eigenvalue weighted by Crippen LogP contribution is 2.41. The van der Waals surface area contributed by atoms with Crippen molar-refractivity contribution in [2.45, 2.75) is 71.4 Å². The predicted molar refractivity (Wildman–Crippen MR) is 84.5 cm³/mol. The lowest BCUT2D eigenvalue weighted by atomic mass is 9.77. The van der Waals surface area contributed by atoms with Gasteiger partial charge in [0, 0.05) is 6.04 Å². The number of aliphatic hydroxyl groups is 1. The van der Waals surface area contributed by atoms with E-state index in [4.69, 9.17) is 4.74 Å². The molecule has 1 N–H and O–H groups in total. The molecule has 0 aromatic carbocycles. The van der Waals surface area contributed by atoms with Gasteiger partial charge in [0.2, 0.25) is 0 Å². The molecule has 120 valence electrons. The summed E-state index contributed by atoms with van der Waals surface area (Å²) in [6.07, 6.45) is 8.56. The molecule has 1 aliphatic rings. The standard InChI is InChI=1S/C17H30N2O2/c1-5-6-13-7-9-14(10-8-13)17(20)16-15(21-4)11-18-19(16)12(2)3/h11-14,17,20H,5-10H2,1-4H3. The molecule has 1 aromatic heterocycles. The Kier molecular flexibility index (Phi) is 5.68. The van der Waals surface area contributed by atoms with E-state index in [0.29, 0.717) is 11.7 Å². The van der Waals surface area contributed by atoms with Crippen LogP contribution in [0.4, 0.5) is 0 Å². The van der Waals surface area contributed by atoms with Crippen LogP contribution >= 0.6 is 0 Å². The number of ether oxygens (including phenoxy) is 1. The molecule has 4 heteroatoms. The van der Waals surface area contributed by atoms with Crippen LogP contribution in [0.2, 0.25) is 0 Å². The van der Waals surface area contributed by atoms with Gasteiger partial charge >= 0.3 is 0 Å². The minimum absolute atomic E-state index is 0.231. The number of aliphatic hydroxyl groups excluding tert-OH is 1. The van der Waals surface area contributed by atoms with Gasteiger partial charge in [-0.05, 0) is 38.5 Å². The number of rotatable bonds is 6. The lowest BCUT2D eigenvalue weighted by molar-refractivity contribution is 0.0619. The minimum atomic E-state index is -0.465. The van der Waals surface area contributed by atoms with Crippen molar-refractivity contribution in [2.75, 3.05) is 7.11 Å². The Morgan fingerprint density at radius 1 is 1.33 bits per heavy atom. The molecule has 0 radical (unpaired) electrons. The molecule has 1 fully saturated rings. The second-order valence-corrected chi connectivity index (χ2v) is 6.65. The van der Waals surface area contributed by atoms with Crippen molar-refractivity contribution in [3.8, 4) is 5.75 Å². The normalized spacial score (nSPS) is 24.3. The van der Waals surface area contributed by atoms with E-state index in [-0.39, 0.29) is 6.04 Å². The van der Waals surface area contributed by atoms with Crippen LogP contribution in [-0.4, -0.2) is 22.0 Å². The molecule has 1 unspecified atom stereocenters. The molecule has 1 aliphatic carbocycles. The van der Waals surface area contributed by atoms with Gasteiger partial charge in [0.05, 0.1) is 13.3 Å². The SMILES string of the molecule is CCCC1CCC(C(O)c2c(OC)cnn2C(C)C)CC1. The first-order valence-corrected chi connectivity index (χ1v) is 8.37. The summed E-state index contributed by atoms with van der Waals surface area (Å²) in [7, 11) is 1.65. The van der Waals surface area contributed by atoms with Crippen LogP contribution in [-0.2, 0) is 0 Å². The highest BCUT2D eigenvalue weighted by Gasteiger charge is 2.31. The minimum Gasteiger partial charge on any atom is -0.493 e. The zero-order valence-electron chi connectivity index (χ0n) is 13.9. The zero-order valence-corrected chi connectivity index (χ0v) is 13.9. The maximum absolute atomic E-state index is 10.9. The molecule has 0 bridgehead atoms. The maximum atomic E-state index is 10.9. The first kappa shape index (κ1) is 16.3. The first-order chi connectivity index (χ1) is 10.1. The van der Waals surface area contributed by atoms with Crippen LogP contribution < -0.4 is 4.74 Å². The molecule has 0 aliphatic heterocycles. The van der Waals surface area contributed by atoms with E-state index in [0.717, 1.165) is 24.5 Å². The Hall–Kier alpha value is -1.03. The summed E-state index contributed by atoms with van der Waals surface area (Å²) in [6.45, 7) is 6.43. The van der Waals surface area contributed by atoms with Gasteiger partial charge in [-0.25, -0.2) is 0 Å². The zero-order chi connectivity index (χ0) is 15.4. The predicted octanol–water partition coefficient (Wildman–Crippen LogP) is 4.11. The van der Waals surface area contributed by atoms with E-state index in [2.05, 4.69) is 25.9 Å². The number of hydrogen-bond donors (Lipinski definition) is 1. The lowest BCUT2D eigenvalue weighted by Gasteiger charge is -2.32. The van der Waals surface area contributed by atoms with Gasteiger partial charge in [0.15, 0.2) is 5.75 Å². The number of hydrogen-bond acceptors (Lipinski definition) is 3. The van der Waals surface area contributed by atoms with E-state index in [1.807, 2.05) is 4.68 Å². The average molecular weight is 294 g/mol. The van der Waals surface area contributed by atoms with Crippen LogP contribution in [0.3, 0.4) is 0 Å². The van der Waals surface area contributed by atoms with Crippen molar-refractivity contribution < 1.29 is 9.84 Å². The first-order valence-electron chi connectivity index (χ1n) is 8.37. The maximum Gasteiger partial charge on any atom is 0.162 e. The van der Waals surface area contributed by atoms with Crippen molar-refractivity contribution in [3.63, 3.8) is 0 Å². The third-order valence-electron chi connectivity index (χ3n) is 4.82. The van der Waals surface area contributed by atoms with Crippen molar-refractivity contribution >= 4 is 0 Å². The van der Waals surface area contributed by atoms with Crippen LogP contribution in [0.5, 0.6) is 5.75 Å². The van der Waals surface area contributed by atoms with E-state index in [9.17, 15) is 5.11 Å². The highest BCUT2D eigenvalue weighted by molar-refractivity contribution is 5.28. The molecule has 0 spiro atoms. The summed E-state index contributed by atoms with van der Waals surface area (Å²) in [5.41, 5.74) is 0.853. The van der Waals surface area contributed by atoms with E-state index in [1.54, 1.807) is 13.3 Å². The van der Waals surface area contributed by atoms with Gasteiger partial charge in [-0.15, -0.1) is 0 Å². The third kappa shape index (κ3) is 3.60. The Balaban J connectivity index is 2.10. The van der Waals surface area contributed by atoms with Crippen molar-refractivity contribution in [2.24, 2.45) is 11.8 Å². The number of nitrogens with zero attached hydrogens (tertiary/aromatic N) is 2. The largest absolute Gasteiger partial charge is 0.493 e. The van der Waals surface area contributed by atoms with E-state index in [1.165, 1.54) is 25.7 Å². The van der Waals surface area contributed by atoms with Crippen LogP contribution in [0.25, 0.3) is 0 Å². The molecular weight excluding hydrogens is 264 g/mol. The van der Waals surface area contributed by atoms with Gasteiger partial charge in [0.25, 0.3) is 0 Å². The molecular formula is C17H30N2O2. The second kappa shape index (κ2) is 7.30. The van der Waals surface area contributed by atoms with Gasteiger partial charge in [-0.1, -0.05) is 32.6 Å². The smallest absolute Gasteiger partial charge is 0.162 e. The summed E-state index contributed by atoms with van der Waals surface area (Å²) >= 11 is 0. The van der Waals surface area contributed by atoms with E-state index >= 15 is 0 Å². The third-order valence-corrected chi connectivity index (χ3v) is 4.82. The Morgan fingerprint density at radius 2 is 2.00 bits per heavy atom. The summed E-state index contributed by atoms with van der Waals surface area (Å²) in [5, 5.41) is 15.2. The molecule has 1 heterocycles. The molecule has 1 atom stereocenters. The van der Waals surface area contributed by atoms with Gasteiger partial charge in [-0.3, -0.25) is 4.68 Å². The summed E-state index contributed by atoms with van der Waals surface area (Å²) in [5.74, 6) is 1.91. The fourth-order valence-electron chi connectivity index (χ4n) is 3.63. The Bertz CT molecular complexity index is 434. The quantitative estimate of drug-likeness (QED) is 0.858. The van der Waals surface area contributed by atoms with Crippen LogP contribution in [0.15, 0.2) is 6.20 Å². The summed E-state index contributed by atoms with van der Waals surface area (Å²) in [6, 6.07) is 0.231. The fraction of sp³-hybridized carbons (Fsp3) is 0.824. The molecule has 1 aromatic rings. The molecule has 0 saturated heterocycles. The van der Waals surface area contributed by atoms with Crippen LogP contribution in [0, 0.1) is 11.8 Å². The highest BCUT2D eigenvalue weighted by atomic mass is 16.5. The Labute approximate surface area is 128 Å². The molecule has 21 heavy (non-hydrogen) atoms. The summed E-state index contributed by atoms with van der Waals surface area (Å²) in [4.78, 5) is 0. The molecule has 2 rings (SSSR count). The average Bonchev–Trinajstić information content (AvgIpc) is 2.91. The van der Waals surface area contributed by atoms with E-state index < -0.39 is 6.10 Å². The monoisotopic (exact) mass is 294 g/mol. The lowest BCUT2D eigenvalue weighted by Crippen LogP contribution is -2.23. The topological polar surface area (TPSA) is 47.3 Å². The van der Waals surface area contributed by atoms with Gasteiger partial charge in [-0.2, -0.15) is 5.10 Å². The van der Waals surface area contributed by atoms with Crippen molar-refractivity contribution in [1.29, 1.82) is 0 Å². The van der Waals surface area contributed by atoms with Crippen LogP contribution in [0.1, 0.15) is 77.1 Å². The fourth-order valence-corrected chi connectivity index (χ4v) is 3.63. The number of aromatic nitrogens is 2. The van der Waals surface area contributed by atoms with Gasteiger partial charge in [0.1, 0.15) is 11.8 Å². The van der Waals surface area contributed by atoms with Gasteiger partial charge < -0.3 is 9.84 Å². The van der Waals surface area contributed by atoms with Crippen molar-refractivity contribution in [3.05, 3.63) is 11.9 Å². The number of methoxy groups -OCH3 is 1.